The topological polar surface area (TPSA) is 66.8 Å². The summed E-state index contributed by atoms with van der Waals surface area (Å²) in [4.78, 5) is 19.3. The smallest absolute Gasteiger partial charge is 0.271 e. The maximum atomic E-state index is 13.0. The minimum atomic E-state index is 0.00808. The number of aryl methyl sites for hydroxylation is 1. The van der Waals surface area contributed by atoms with Gasteiger partial charge in [-0.2, -0.15) is 5.10 Å². The Morgan fingerprint density at radius 1 is 1.33 bits per heavy atom. The van der Waals surface area contributed by atoms with Crippen molar-refractivity contribution in [3.63, 3.8) is 0 Å². The molecule has 2 aromatic heterocycles. The molecular formula is C20H22BrN5O. The number of carbonyl (C=O) groups is 1. The fraction of sp³-hybridized carbons (Fsp3) is 0.350. The summed E-state index contributed by atoms with van der Waals surface area (Å²) in [5.74, 6) is 1.09. The molecule has 3 aromatic rings. The number of piperidine rings is 1. The fourth-order valence-corrected chi connectivity index (χ4v) is 3.95. The van der Waals surface area contributed by atoms with Crippen LogP contribution < -0.4 is 0 Å². The Morgan fingerprint density at radius 3 is 2.93 bits per heavy atom. The molecule has 140 valence electrons. The maximum Gasteiger partial charge on any atom is 0.271 e. The molecule has 27 heavy (non-hydrogen) atoms. The number of amides is 1. The Labute approximate surface area is 166 Å². The zero-order valence-electron chi connectivity index (χ0n) is 15.2. The van der Waals surface area contributed by atoms with E-state index in [2.05, 4.69) is 42.6 Å². The second kappa shape index (κ2) is 7.68. The van der Waals surface area contributed by atoms with Gasteiger partial charge in [0.05, 0.1) is 11.7 Å². The molecule has 1 fully saturated rings. The van der Waals surface area contributed by atoms with Crippen LogP contribution in [0.1, 0.15) is 42.1 Å². The normalized spacial score (nSPS) is 17.3. The van der Waals surface area contributed by atoms with Gasteiger partial charge < -0.3 is 9.47 Å². The average Bonchev–Trinajstić information content (AvgIpc) is 3.37. The number of nitrogens with one attached hydrogen (secondary N) is 1. The van der Waals surface area contributed by atoms with Crippen molar-refractivity contribution in [3.8, 4) is 11.3 Å². The molecule has 4 rings (SSSR count). The molecule has 1 aliphatic rings. The van der Waals surface area contributed by atoms with Crippen molar-refractivity contribution in [2.75, 3.05) is 13.1 Å². The molecule has 1 aromatic carbocycles. The number of imidazole rings is 1. The van der Waals surface area contributed by atoms with E-state index in [1.54, 1.807) is 0 Å². The summed E-state index contributed by atoms with van der Waals surface area (Å²) < 4.78 is 3.24. The summed E-state index contributed by atoms with van der Waals surface area (Å²) in [5.41, 5.74) is 2.30. The second-order valence-electron chi connectivity index (χ2n) is 6.83. The van der Waals surface area contributed by atoms with Gasteiger partial charge in [0.15, 0.2) is 0 Å². The summed E-state index contributed by atoms with van der Waals surface area (Å²) in [6, 6.07) is 10.0. The largest absolute Gasteiger partial charge is 0.335 e. The molecular weight excluding hydrogens is 406 g/mol. The molecule has 7 heteroatoms. The molecule has 1 saturated heterocycles. The fourth-order valence-electron chi connectivity index (χ4n) is 3.69. The maximum absolute atomic E-state index is 13.0. The number of benzene rings is 1. The lowest BCUT2D eigenvalue weighted by atomic mass is 10.0. The van der Waals surface area contributed by atoms with Crippen LogP contribution in [0, 0.1) is 0 Å². The molecule has 1 atom stereocenters. The van der Waals surface area contributed by atoms with Gasteiger partial charge in [-0.05, 0) is 31.0 Å². The van der Waals surface area contributed by atoms with Crippen LogP contribution >= 0.6 is 15.9 Å². The van der Waals surface area contributed by atoms with Crippen LogP contribution in [0.15, 0.2) is 47.2 Å². The zero-order valence-corrected chi connectivity index (χ0v) is 16.8. The van der Waals surface area contributed by atoms with Crippen LogP contribution in [0.2, 0.25) is 0 Å². The predicted molar refractivity (Wildman–Crippen MR) is 108 cm³/mol. The molecule has 0 bridgehead atoms. The number of hydrogen-bond acceptors (Lipinski definition) is 3. The number of aromatic amines is 1. The lowest BCUT2D eigenvalue weighted by Crippen LogP contribution is -2.41. The Kier molecular flexibility index (Phi) is 5.11. The first-order valence-corrected chi connectivity index (χ1v) is 10.1. The number of rotatable bonds is 4. The highest BCUT2D eigenvalue weighted by molar-refractivity contribution is 9.10. The Balaban J connectivity index is 1.50. The number of likely N-dealkylation sites (tertiary alicyclic amines) is 1. The van der Waals surface area contributed by atoms with Crippen LogP contribution in [0.5, 0.6) is 0 Å². The second-order valence-corrected chi connectivity index (χ2v) is 7.74. The molecule has 1 aliphatic heterocycles. The predicted octanol–water partition coefficient (Wildman–Crippen LogP) is 4.08. The number of nitrogens with zero attached hydrogens (tertiary/aromatic N) is 4. The summed E-state index contributed by atoms with van der Waals surface area (Å²) >= 11 is 3.44. The number of aromatic nitrogens is 4. The monoisotopic (exact) mass is 427 g/mol. The van der Waals surface area contributed by atoms with Gasteiger partial charge in [-0.3, -0.25) is 9.89 Å². The highest BCUT2D eigenvalue weighted by Gasteiger charge is 2.27. The Bertz CT molecular complexity index is 930. The minimum absolute atomic E-state index is 0.00808. The highest BCUT2D eigenvalue weighted by atomic mass is 79.9. The molecule has 3 heterocycles. The molecule has 0 saturated carbocycles. The van der Waals surface area contributed by atoms with E-state index in [9.17, 15) is 4.79 Å². The van der Waals surface area contributed by atoms with Crippen molar-refractivity contribution in [1.29, 1.82) is 0 Å². The van der Waals surface area contributed by atoms with E-state index < -0.39 is 0 Å². The van der Waals surface area contributed by atoms with Crippen molar-refractivity contribution in [1.82, 2.24) is 24.6 Å². The molecule has 0 radical (unpaired) electrons. The van der Waals surface area contributed by atoms with Crippen LogP contribution in [-0.2, 0) is 6.42 Å². The lowest BCUT2D eigenvalue weighted by Gasteiger charge is -2.33. The van der Waals surface area contributed by atoms with Gasteiger partial charge in [-0.1, -0.05) is 35.0 Å². The van der Waals surface area contributed by atoms with Gasteiger partial charge in [-0.15, -0.1) is 0 Å². The van der Waals surface area contributed by atoms with Gasteiger partial charge in [0.25, 0.3) is 5.91 Å². The van der Waals surface area contributed by atoms with Crippen LogP contribution in [0.4, 0.5) is 0 Å². The van der Waals surface area contributed by atoms with Gasteiger partial charge >= 0.3 is 0 Å². The third kappa shape index (κ3) is 3.69. The number of halogens is 1. The minimum Gasteiger partial charge on any atom is -0.335 e. The van der Waals surface area contributed by atoms with Crippen molar-refractivity contribution < 1.29 is 4.79 Å². The SMILES string of the molecule is CCc1nccn1C1CCCN(C(=O)c2cc(-c3ccc(Br)cc3)n[nH]2)C1. The molecule has 1 unspecified atom stereocenters. The van der Waals surface area contributed by atoms with E-state index in [1.165, 1.54) is 0 Å². The molecule has 0 aliphatic carbocycles. The summed E-state index contributed by atoms with van der Waals surface area (Å²) in [6.07, 6.45) is 6.83. The molecule has 6 nitrogen and oxygen atoms in total. The van der Waals surface area contributed by atoms with Crippen molar-refractivity contribution in [2.24, 2.45) is 0 Å². The number of H-pyrrole nitrogens is 1. The van der Waals surface area contributed by atoms with Crippen molar-refractivity contribution in [3.05, 3.63) is 58.7 Å². The van der Waals surface area contributed by atoms with Gasteiger partial charge in [0, 0.05) is 41.9 Å². The number of carbonyl (C=O) groups excluding carboxylic acids is 1. The first-order valence-electron chi connectivity index (χ1n) is 9.28. The van der Waals surface area contributed by atoms with Gasteiger partial charge in [0.1, 0.15) is 11.5 Å². The lowest BCUT2D eigenvalue weighted by molar-refractivity contribution is 0.0672. The third-order valence-corrected chi connectivity index (χ3v) is 5.62. The first-order chi connectivity index (χ1) is 13.2. The number of hydrogen-bond donors (Lipinski definition) is 1. The van der Waals surface area contributed by atoms with Crippen molar-refractivity contribution in [2.45, 2.75) is 32.2 Å². The van der Waals surface area contributed by atoms with Crippen LogP contribution in [0.3, 0.4) is 0 Å². The zero-order chi connectivity index (χ0) is 18.8. The van der Waals surface area contributed by atoms with E-state index >= 15 is 0 Å². The summed E-state index contributed by atoms with van der Waals surface area (Å²) in [6.45, 7) is 3.59. The average molecular weight is 428 g/mol. The highest BCUT2D eigenvalue weighted by Crippen LogP contribution is 2.25. The quantitative estimate of drug-likeness (QED) is 0.681. The van der Waals surface area contributed by atoms with E-state index in [1.807, 2.05) is 47.6 Å². The van der Waals surface area contributed by atoms with E-state index in [-0.39, 0.29) is 11.9 Å². The summed E-state index contributed by atoms with van der Waals surface area (Å²) in [7, 11) is 0. The first kappa shape index (κ1) is 18.0. The molecule has 1 amide bonds. The Hall–Kier alpha value is -2.41. The molecule has 1 N–H and O–H groups in total. The van der Waals surface area contributed by atoms with Gasteiger partial charge in [0.2, 0.25) is 0 Å². The summed E-state index contributed by atoms with van der Waals surface area (Å²) in [5, 5.41) is 7.24. The van der Waals surface area contributed by atoms with E-state index in [0.717, 1.165) is 47.4 Å². The van der Waals surface area contributed by atoms with Gasteiger partial charge in [-0.25, -0.2) is 4.98 Å². The standard InChI is InChI=1S/C20H22BrN5O/c1-2-19-22-9-11-26(19)16-4-3-10-25(13-16)20(27)18-12-17(23-24-18)14-5-7-15(21)8-6-14/h5-9,11-12,16H,2-4,10,13H2,1H3,(H,23,24). The van der Waals surface area contributed by atoms with Crippen molar-refractivity contribution >= 4 is 21.8 Å². The van der Waals surface area contributed by atoms with E-state index in [4.69, 9.17) is 0 Å². The third-order valence-electron chi connectivity index (χ3n) is 5.09. The van der Waals surface area contributed by atoms with E-state index in [0.29, 0.717) is 12.2 Å². The van der Waals surface area contributed by atoms with Crippen LogP contribution in [-0.4, -0.2) is 43.6 Å². The Morgan fingerprint density at radius 2 is 2.15 bits per heavy atom. The molecule has 0 spiro atoms. The van der Waals surface area contributed by atoms with Crippen LogP contribution in [0.25, 0.3) is 11.3 Å².